The van der Waals surface area contributed by atoms with Gasteiger partial charge in [0.1, 0.15) is 0 Å². The SMILES string of the molecule is CC(N)CC(=O)NCCS(=O)(=O)NCC1CCCCO1. The van der Waals surface area contributed by atoms with Crippen LogP contribution in [0.1, 0.15) is 32.6 Å². The van der Waals surface area contributed by atoms with Crippen LogP contribution >= 0.6 is 0 Å². The van der Waals surface area contributed by atoms with Gasteiger partial charge in [-0.05, 0) is 26.2 Å². The van der Waals surface area contributed by atoms with Crippen molar-refractivity contribution in [3.05, 3.63) is 0 Å². The van der Waals surface area contributed by atoms with Gasteiger partial charge in [0.05, 0.1) is 11.9 Å². The highest BCUT2D eigenvalue weighted by Crippen LogP contribution is 2.11. The van der Waals surface area contributed by atoms with E-state index in [2.05, 4.69) is 10.0 Å². The summed E-state index contributed by atoms with van der Waals surface area (Å²) in [5.74, 6) is -0.365. The molecule has 0 bridgehead atoms. The number of nitrogens with one attached hydrogen (secondary N) is 2. The third-order valence-corrected chi connectivity index (χ3v) is 4.35. The molecule has 0 aromatic carbocycles. The fraction of sp³-hybridized carbons (Fsp3) is 0.917. The van der Waals surface area contributed by atoms with E-state index >= 15 is 0 Å². The predicted molar refractivity (Wildman–Crippen MR) is 76.7 cm³/mol. The molecule has 2 atom stereocenters. The van der Waals surface area contributed by atoms with Crippen LogP contribution in [0.3, 0.4) is 0 Å². The van der Waals surface area contributed by atoms with Gasteiger partial charge in [0.25, 0.3) is 0 Å². The van der Waals surface area contributed by atoms with Crippen molar-refractivity contribution < 1.29 is 17.9 Å². The molecule has 1 fully saturated rings. The van der Waals surface area contributed by atoms with Crippen molar-refractivity contribution in [2.24, 2.45) is 5.73 Å². The third kappa shape index (κ3) is 7.78. The van der Waals surface area contributed by atoms with E-state index < -0.39 is 10.0 Å². The van der Waals surface area contributed by atoms with Gasteiger partial charge in [-0.25, -0.2) is 13.1 Å². The van der Waals surface area contributed by atoms with Crippen molar-refractivity contribution in [3.63, 3.8) is 0 Å². The minimum atomic E-state index is -3.38. The Morgan fingerprint density at radius 3 is 2.80 bits per heavy atom. The van der Waals surface area contributed by atoms with Crippen LogP contribution in [-0.2, 0) is 19.6 Å². The van der Waals surface area contributed by atoms with Crippen molar-refractivity contribution in [1.82, 2.24) is 10.0 Å². The first-order valence-electron chi connectivity index (χ1n) is 7.00. The fourth-order valence-corrected chi connectivity index (χ4v) is 2.90. The molecule has 1 aliphatic rings. The zero-order chi connectivity index (χ0) is 15.0. The van der Waals surface area contributed by atoms with Crippen LogP contribution in [0.2, 0.25) is 0 Å². The van der Waals surface area contributed by atoms with Crippen molar-refractivity contribution in [1.29, 1.82) is 0 Å². The quantitative estimate of drug-likeness (QED) is 0.551. The Bertz CT molecular complexity index is 392. The lowest BCUT2D eigenvalue weighted by atomic mass is 10.1. The van der Waals surface area contributed by atoms with Crippen LogP contribution in [-0.4, -0.2) is 51.9 Å². The number of nitrogens with two attached hydrogens (primary N) is 1. The number of hydrogen-bond donors (Lipinski definition) is 3. The second-order valence-electron chi connectivity index (χ2n) is 5.19. The Kier molecular flexibility index (Phi) is 7.42. The topological polar surface area (TPSA) is 111 Å². The van der Waals surface area contributed by atoms with Gasteiger partial charge in [-0.15, -0.1) is 0 Å². The molecular weight excluding hydrogens is 282 g/mol. The summed E-state index contributed by atoms with van der Waals surface area (Å²) in [6, 6.07) is -0.229. The van der Waals surface area contributed by atoms with Crippen molar-refractivity contribution in [2.45, 2.75) is 44.8 Å². The summed E-state index contributed by atoms with van der Waals surface area (Å²) in [5, 5.41) is 2.54. The van der Waals surface area contributed by atoms with Gasteiger partial charge < -0.3 is 15.8 Å². The van der Waals surface area contributed by atoms with Crippen LogP contribution in [0.4, 0.5) is 0 Å². The van der Waals surface area contributed by atoms with Crippen LogP contribution in [0.15, 0.2) is 0 Å². The average molecular weight is 307 g/mol. The summed E-state index contributed by atoms with van der Waals surface area (Å²) in [7, 11) is -3.38. The summed E-state index contributed by atoms with van der Waals surface area (Å²) < 4.78 is 31.4. The highest BCUT2D eigenvalue weighted by molar-refractivity contribution is 7.89. The molecule has 118 valence electrons. The number of hydrogen-bond acceptors (Lipinski definition) is 5. The second kappa shape index (κ2) is 8.56. The Balaban J connectivity index is 2.18. The Hall–Kier alpha value is -0.700. The summed E-state index contributed by atoms with van der Waals surface area (Å²) in [4.78, 5) is 11.3. The molecule has 1 saturated heterocycles. The lowest BCUT2D eigenvalue weighted by Crippen LogP contribution is -2.39. The molecular formula is C12H25N3O4S. The van der Waals surface area contributed by atoms with Crippen molar-refractivity contribution >= 4 is 15.9 Å². The average Bonchev–Trinajstić information content (AvgIpc) is 2.36. The molecule has 1 heterocycles. The van der Waals surface area contributed by atoms with E-state index in [1.807, 2.05) is 0 Å². The number of carbonyl (C=O) groups is 1. The maximum absolute atomic E-state index is 11.7. The zero-order valence-corrected chi connectivity index (χ0v) is 12.7. The van der Waals surface area contributed by atoms with Crippen LogP contribution < -0.4 is 15.8 Å². The van der Waals surface area contributed by atoms with Gasteiger partial charge >= 0.3 is 0 Å². The molecule has 1 amide bonds. The predicted octanol–water partition coefficient (Wildman–Crippen LogP) is -0.672. The summed E-state index contributed by atoms with van der Waals surface area (Å²) >= 11 is 0. The number of sulfonamides is 1. The summed E-state index contributed by atoms with van der Waals surface area (Å²) in [6.45, 7) is 2.81. The molecule has 0 aromatic heterocycles. The summed E-state index contributed by atoms with van der Waals surface area (Å²) in [5.41, 5.74) is 5.48. The molecule has 2 unspecified atom stereocenters. The second-order valence-corrected chi connectivity index (χ2v) is 7.11. The third-order valence-electron chi connectivity index (χ3n) is 3.01. The van der Waals surface area contributed by atoms with E-state index in [0.717, 1.165) is 19.3 Å². The van der Waals surface area contributed by atoms with Crippen molar-refractivity contribution in [3.8, 4) is 0 Å². The Morgan fingerprint density at radius 1 is 1.45 bits per heavy atom. The van der Waals surface area contributed by atoms with Crippen LogP contribution in [0.5, 0.6) is 0 Å². The molecule has 0 aliphatic carbocycles. The highest BCUT2D eigenvalue weighted by atomic mass is 32.2. The molecule has 0 radical (unpaired) electrons. The minimum absolute atomic E-state index is 0.0359. The number of rotatable bonds is 8. The molecule has 1 aliphatic heterocycles. The van der Waals surface area contributed by atoms with E-state index in [1.165, 1.54) is 0 Å². The highest BCUT2D eigenvalue weighted by Gasteiger charge is 2.17. The van der Waals surface area contributed by atoms with E-state index in [0.29, 0.717) is 13.2 Å². The van der Waals surface area contributed by atoms with Gasteiger partial charge in [-0.2, -0.15) is 0 Å². The van der Waals surface area contributed by atoms with E-state index in [9.17, 15) is 13.2 Å². The summed E-state index contributed by atoms with van der Waals surface area (Å²) in [6.07, 6.45) is 3.15. The molecule has 20 heavy (non-hydrogen) atoms. The first-order valence-corrected chi connectivity index (χ1v) is 8.65. The number of ether oxygens (including phenoxy) is 1. The lowest BCUT2D eigenvalue weighted by Gasteiger charge is -2.22. The van der Waals surface area contributed by atoms with Gasteiger partial charge in [-0.3, -0.25) is 4.79 Å². The molecule has 7 nitrogen and oxygen atoms in total. The van der Waals surface area contributed by atoms with E-state index in [1.54, 1.807) is 6.92 Å². The first kappa shape index (κ1) is 17.4. The van der Waals surface area contributed by atoms with Crippen LogP contribution in [0, 0.1) is 0 Å². The zero-order valence-electron chi connectivity index (χ0n) is 11.9. The van der Waals surface area contributed by atoms with Crippen LogP contribution in [0.25, 0.3) is 0 Å². The van der Waals surface area contributed by atoms with E-state index in [-0.39, 0.29) is 36.8 Å². The van der Waals surface area contributed by atoms with Gasteiger partial charge in [-0.1, -0.05) is 0 Å². The Labute approximate surface area is 120 Å². The van der Waals surface area contributed by atoms with E-state index in [4.69, 9.17) is 10.5 Å². The molecule has 0 spiro atoms. The maximum Gasteiger partial charge on any atom is 0.221 e. The fourth-order valence-electron chi connectivity index (χ4n) is 1.95. The maximum atomic E-state index is 11.7. The number of carbonyl (C=O) groups excluding carboxylic acids is 1. The largest absolute Gasteiger partial charge is 0.377 e. The minimum Gasteiger partial charge on any atom is -0.377 e. The first-order chi connectivity index (χ1) is 9.39. The molecule has 0 saturated carbocycles. The monoisotopic (exact) mass is 307 g/mol. The number of amides is 1. The van der Waals surface area contributed by atoms with Crippen molar-refractivity contribution in [2.75, 3.05) is 25.4 Å². The van der Waals surface area contributed by atoms with Gasteiger partial charge in [0.15, 0.2) is 0 Å². The molecule has 4 N–H and O–H groups in total. The smallest absolute Gasteiger partial charge is 0.221 e. The molecule has 0 aromatic rings. The van der Waals surface area contributed by atoms with Gasteiger partial charge in [0, 0.05) is 32.2 Å². The van der Waals surface area contributed by atoms with Gasteiger partial charge in [0.2, 0.25) is 15.9 Å². The molecule has 8 heteroatoms. The normalized spacial score (nSPS) is 21.4. The standard InChI is InChI=1S/C12H25N3O4S/c1-10(13)8-12(16)14-5-7-20(17,18)15-9-11-4-2-3-6-19-11/h10-11,15H,2-9,13H2,1H3,(H,14,16). The molecule has 1 rings (SSSR count). The lowest BCUT2D eigenvalue weighted by molar-refractivity contribution is -0.121. The Morgan fingerprint density at radius 2 is 2.20 bits per heavy atom.